The van der Waals surface area contributed by atoms with Gasteiger partial charge in [0.25, 0.3) is 5.91 Å². The number of ether oxygens (including phenoxy) is 1. The van der Waals surface area contributed by atoms with E-state index in [1.165, 1.54) is 11.9 Å². The average Bonchev–Trinajstić information content (AvgIpc) is 2.85. The number of carbonyl (C=O) groups is 2. The lowest BCUT2D eigenvalue weighted by Crippen LogP contribution is -2.40. The fraction of sp³-hybridized carbons (Fsp3) is 0.455. The molecule has 1 aliphatic heterocycles. The predicted molar refractivity (Wildman–Crippen MR) is 112 cm³/mol. The number of carboxylic acids is 1. The van der Waals surface area contributed by atoms with Gasteiger partial charge in [-0.1, -0.05) is 12.1 Å². The van der Waals surface area contributed by atoms with Gasteiger partial charge in [0.2, 0.25) is 5.88 Å². The molecule has 8 heteroatoms. The van der Waals surface area contributed by atoms with Crippen LogP contribution in [0.5, 0.6) is 5.88 Å². The highest BCUT2D eigenvalue weighted by molar-refractivity contribution is 6.11. The number of nitrogens with two attached hydrogens (primary N) is 1. The summed E-state index contributed by atoms with van der Waals surface area (Å²) in [6, 6.07) is 7.85. The van der Waals surface area contributed by atoms with Gasteiger partial charge in [0.15, 0.2) is 0 Å². The van der Waals surface area contributed by atoms with Crippen molar-refractivity contribution in [1.82, 2.24) is 9.97 Å². The molecule has 0 saturated heterocycles. The first-order chi connectivity index (χ1) is 14.4. The molecule has 4 rings (SSSR count). The number of benzene rings is 1. The number of carbonyl (C=O) groups excluding carboxylic acids is 1. The van der Waals surface area contributed by atoms with E-state index in [2.05, 4.69) is 22.1 Å². The van der Waals surface area contributed by atoms with E-state index < -0.39 is 5.97 Å². The van der Waals surface area contributed by atoms with Gasteiger partial charge in [-0.25, -0.2) is 9.97 Å². The molecule has 0 unspecified atom stereocenters. The number of aromatic nitrogens is 2. The van der Waals surface area contributed by atoms with E-state index in [1.54, 1.807) is 4.90 Å². The van der Waals surface area contributed by atoms with Crippen molar-refractivity contribution in [3.8, 4) is 5.88 Å². The first kappa shape index (κ1) is 20.1. The van der Waals surface area contributed by atoms with Crippen molar-refractivity contribution in [2.75, 3.05) is 17.2 Å². The lowest BCUT2D eigenvalue weighted by molar-refractivity contribution is -0.138. The lowest BCUT2D eigenvalue weighted by atomic mass is 9.77. The monoisotopic (exact) mass is 410 g/mol. The Hall–Kier alpha value is -3.16. The summed E-state index contributed by atoms with van der Waals surface area (Å²) in [4.78, 5) is 33.8. The smallest absolute Gasteiger partial charge is 0.303 e. The fourth-order valence-corrected chi connectivity index (χ4v) is 4.51. The zero-order chi connectivity index (χ0) is 21.3. The summed E-state index contributed by atoms with van der Waals surface area (Å²) in [5.74, 6) is 0.0527. The van der Waals surface area contributed by atoms with Crippen molar-refractivity contribution in [1.29, 1.82) is 0 Å². The number of anilines is 2. The van der Waals surface area contributed by atoms with Gasteiger partial charge < -0.3 is 20.5 Å². The topological polar surface area (TPSA) is 119 Å². The van der Waals surface area contributed by atoms with E-state index in [-0.39, 0.29) is 41.5 Å². The summed E-state index contributed by atoms with van der Waals surface area (Å²) >= 11 is 0. The highest BCUT2D eigenvalue weighted by Crippen LogP contribution is 2.38. The Morgan fingerprint density at radius 3 is 2.57 bits per heavy atom. The van der Waals surface area contributed by atoms with Crippen LogP contribution in [-0.4, -0.2) is 39.6 Å². The molecule has 2 heterocycles. The maximum Gasteiger partial charge on any atom is 0.303 e. The molecule has 1 fully saturated rings. The van der Waals surface area contributed by atoms with Crippen molar-refractivity contribution in [2.45, 2.75) is 51.0 Å². The standard InChI is InChI=1S/C22H26N4O4/c1-13-11-30-21-19(20(23)24-12-25-21)22(29)26(13)17-8-6-16(7-9-17)15-4-2-14(3-5-15)10-18(27)28/h6-9,12-15H,2-5,10-11H2,1H3,(H,27,28)(H2,23,24,25)/t13-,14-,15-/m0/s1. The maximum absolute atomic E-state index is 13.2. The predicted octanol–water partition coefficient (Wildman–Crippen LogP) is 3.24. The zero-order valence-electron chi connectivity index (χ0n) is 17.0. The number of nitrogen functional groups attached to an aromatic ring is 1. The van der Waals surface area contributed by atoms with Gasteiger partial charge in [-0.05, 0) is 62.1 Å². The van der Waals surface area contributed by atoms with E-state index in [9.17, 15) is 9.59 Å². The minimum atomic E-state index is -0.712. The highest BCUT2D eigenvalue weighted by Gasteiger charge is 2.33. The summed E-state index contributed by atoms with van der Waals surface area (Å²) in [7, 11) is 0. The normalized spacial score (nSPS) is 24.0. The number of nitrogens with zero attached hydrogens (tertiary/aromatic N) is 3. The largest absolute Gasteiger partial charge is 0.481 e. The number of hydrogen-bond donors (Lipinski definition) is 2. The molecule has 1 atom stereocenters. The van der Waals surface area contributed by atoms with Crippen LogP contribution in [0.25, 0.3) is 0 Å². The van der Waals surface area contributed by atoms with Gasteiger partial charge >= 0.3 is 5.97 Å². The Morgan fingerprint density at radius 2 is 1.90 bits per heavy atom. The van der Waals surface area contributed by atoms with E-state index in [1.807, 2.05) is 19.1 Å². The van der Waals surface area contributed by atoms with Gasteiger partial charge in [-0.3, -0.25) is 9.59 Å². The second kappa shape index (κ2) is 8.30. The summed E-state index contributed by atoms with van der Waals surface area (Å²) in [5, 5.41) is 8.99. The summed E-state index contributed by atoms with van der Waals surface area (Å²) in [6.45, 7) is 2.23. The van der Waals surface area contributed by atoms with Crippen molar-refractivity contribution >= 4 is 23.4 Å². The zero-order valence-corrected chi connectivity index (χ0v) is 17.0. The molecule has 2 aliphatic rings. The Kier molecular flexibility index (Phi) is 5.57. The van der Waals surface area contributed by atoms with Crippen LogP contribution < -0.4 is 15.4 Å². The third-order valence-corrected chi connectivity index (χ3v) is 6.13. The number of rotatable bonds is 4. The minimum Gasteiger partial charge on any atom is -0.481 e. The van der Waals surface area contributed by atoms with Crippen LogP contribution in [0.3, 0.4) is 0 Å². The minimum absolute atomic E-state index is 0.110. The highest BCUT2D eigenvalue weighted by atomic mass is 16.5. The van der Waals surface area contributed by atoms with Crippen molar-refractivity contribution in [2.24, 2.45) is 5.92 Å². The molecule has 1 aliphatic carbocycles. The molecule has 0 radical (unpaired) electrons. The quantitative estimate of drug-likeness (QED) is 0.794. The van der Waals surface area contributed by atoms with Gasteiger partial charge in [-0.15, -0.1) is 0 Å². The molecule has 1 aromatic heterocycles. The molecule has 0 spiro atoms. The Balaban J connectivity index is 1.52. The van der Waals surface area contributed by atoms with Crippen LogP contribution in [-0.2, 0) is 4.79 Å². The van der Waals surface area contributed by atoms with E-state index in [0.717, 1.165) is 31.4 Å². The van der Waals surface area contributed by atoms with Crippen LogP contribution in [0, 0.1) is 5.92 Å². The Morgan fingerprint density at radius 1 is 1.20 bits per heavy atom. The fourth-order valence-electron chi connectivity index (χ4n) is 4.51. The molecule has 3 N–H and O–H groups in total. The van der Waals surface area contributed by atoms with Crippen molar-refractivity contribution in [3.05, 3.63) is 41.7 Å². The number of fused-ring (bicyclic) bond motifs is 1. The molecule has 0 bridgehead atoms. The van der Waals surface area contributed by atoms with Crippen LogP contribution in [0.15, 0.2) is 30.6 Å². The number of hydrogen-bond acceptors (Lipinski definition) is 6. The lowest BCUT2D eigenvalue weighted by Gasteiger charge is -2.29. The SMILES string of the molecule is C[C@H]1COc2ncnc(N)c2C(=O)N1c1ccc([C@H]2CC[C@H](CC(=O)O)CC2)cc1. The average molecular weight is 410 g/mol. The second-order valence-corrected chi connectivity index (χ2v) is 8.18. The van der Waals surface area contributed by atoms with Gasteiger partial charge in [-0.2, -0.15) is 0 Å². The van der Waals surface area contributed by atoms with Crippen LogP contribution >= 0.6 is 0 Å². The number of amides is 1. The van der Waals surface area contributed by atoms with Gasteiger partial charge in [0.1, 0.15) is 24.3 Å². The third kappa shape index (κ3) is 3.94. The van der Waals surface area contributed by atoms with E-state index in [4.69, 9.17) is 15.6 Å². The van der Waals surface area contributed by atoms with E-state index >= 15 is 0 Å². The molecule has 1 aromatic carbocycles. The molecular weight excluding hydrogens is 384 g/mol. The van der Waals surface area contributed by atoms with Gasteiger partial charge in [0, 0.05) is 12.1 Å². The summed E-state index contributed by atoms with van der Waals surface area (Å²) in [6.07, 6.45) is 5.41. The van der Waals surface area contributed by atoms with Crippen LogP contribution in [0.1, 0.15) is 60.9 Å². The number of aliphatic carboxylic acids is 1. The molecule has 158 valence electrons. The van der Waals surface area contributed by atoms with Crippen LogP contribution in [0.2, 0.25) is 0 Å². The first-order valence-corrected chi connectivity index (χ1v) is 10.3. The molecular formula is C22H26N4O4. The second-order valence-electron chi connectivity index (χ2n) is 8.18. The van der Waals surface area contributed by atoms with Crippen molar-refractivity contribution in [3.63, 3.8) is 0 Å². The molecule has 2 aromatic rings. The van der Waals surface area contributed by atoms with E-state index in [0.29, 0.717) is 12.5 Å². The van der Waals surface area contributed by atoms with Gasteiger partial charge in [0.05, 0.1) is 6.04 Å². The third-order valence-electron chi connectivity index (χ3n) is 6.13. The summed E-state index contributed by atoms with van der Waals surface area (Å²) in [5.41, 5.74) is 8.13. The molecule has 1 amide bonds. The number of carboxylic acid groups (broad SMARTS) is 1. The van der Waals surface area contributed by atoms with Crippen LogP contribution in [0.4, 0.5) is 11.5 Å². The molecule has 8 nitrogen and oxygen atoms in total. The first-order valence-electron chi connectivity index (χ1n) is 10.3. The summed E-state index contributed by atoms with van der Waals surface area (Å²) < 4.78 is 5.68. The molecule has 30 heavy (non-hydrogen) atoms. The molecule has 1 saturated carbocycles. The van der Waals surface area contributed by atoms with Crippen molar-refractivity contribution < 1.29 is 19.4 Å². The maximum atomic E-state index is 13.2. The Bertz CT molecular complexity index is 939. The Labute approximate surface area is 175 Å².